The number of piperidine rings is 1. The Morgan fingerprint density at radius 3 is 2.10 bits per heavy atom. The predicted molar refractivity (Wildman–Crippen MR) is 75.3 cm³/mol. The number of hydrogen-bond acceptors (Lipinski definition) is 3. The van der Waals surface area contributed by atoms with Crippen LogP contribution in [0.15, 0.2) is 29.2 Å². The maximum absolute atomic E-state index is 12.4. The van der Waals surface area contributed by atoms with Crippen molar-refractivity contribution in [1.29, 1.82) is 0 Å². The highest BCUT2D eigenvalue weighted by molar-refractivity contribution is 7.92. The molecule has 0 N–H and O–H groups in total. The van der Waals surface area contributed by atoms with Gasteiger partial charge in [-0.05, 0) is 43.0 Å². The van der Waals surface area contributed by atoms with Crippen LogP contribution in [0.1, 0.15) is 12.8 Å². The van der Waals surface area contributed by atoms with Crippen LogP contribution in [0.4, 0.5) is 18.9 Å². The monoisotopic (exact) mass is 341 g/mol. The number of benzene rings is 1. The summed E-state index contributed by atoms with van der Waals surface area (Å²) in [4.78, 5) is 1.29. The van der Waals surface area contributed by atoms with Crippen molar-refractivity contribution >= 4 is 27.1 Å². The van der Waals surface area contributed by atoms with E-state index in [2.05, 4.69) is 0 Å². The highest BCUT2D eigenvalue weighted by Crippen LogP contribution is 2.31. The van der Waals surface area contributed by atoms with Gasteiger partial charge in [-0.15, -0.1) is 11.6 Å². The van der Waals surface area contributed by atoms with Crippen LogP contribution in [0.2, 0.25) is 0 Å². The first-order valence-electron chi connectivity index (χ1n) is 6.48. The zero-order valence-corrected chi connectivity index (χ0v) is 12.7. The van der Waals surface area contributed by atoms with Crippen molar-refractivity contribution in [1.82, 2.24) is 0 Å². The lowest BCUT2D eigenvalue weighted by atomic mass is 9.98. The molecule has 2 rings (SSSR count). The van der Waals surface area contributed by atoms with E-state index in [0.717, 1.165) is 43.8 Å². The van der Waals surface area contributed by atoms with Gasteiger partial charge in [-0.25, -0.2) is 8.42 Å². The standard InChI is InChI=1S/C13H15ClF3NO2S/c14-9-10-5-7-18(8-6-10)11-1-3-12(4-2-11)21(19,20)13(15,16)17/h1-4,10H,5-9H2. The van der Waals surface area contributed by atoms with Gasteiger partial charge in [-0.2, -0.15) is 13.2 Å². The normalized spacial score (nSPS) is 18.0. The van der Waals surface area contributed by atoms with E-state index in [0.29, 0.717) is 11.8 Å². The number of hydrogen-bond donors (Lipinski definition) is 0. The van der Waals surface area contributed by atoms with E-state index < -0.39 is 20.2 Å². The number of halogens is 4. The fraction of sp³-hybridized carbons (Fsp3) is 0.538. The van der Waals surface area contributed by atoms with Crippen LogP contribution in [-0.2, 0) is 9.84 Å². The second-order valence-electron chi connectivity index (χ2n) is 5.03. The summed E-state index contributed by atoms with van der Waals surface area (Å²) in [5.74, 6) is 1.07. The van der Waals surface area contributed by atoms with Crippen LogP contribution in [0.3, 0.4) is 0 Å². The lowest BCUT2D eigenvalue weighted by Gasteiger charge is -2.32. The molecule has 1 aliphatic heterocycles. The van der Waals surface area contributed by atoms with Gasteiger partial charge in [0.1, 0.15) is 0 Å². The summed E-state index contributed by atoms with van der Waals surface area (Å²) >= 11 is 5.80. The summed E-state index contributed by atoms with van der Waals surface area (Å²) in [5.41, 5.74) is -4.54. The molecular weight excluding hydrogens is 327 g/mol. The second-order valence-corrected chi connectivity index (χ2v) is 7.28. The van der Waals surface area contributed by atoms with Gasteiger partial charge in [-0.3, -0.25) is 0 Å². The molecule has 21 heavy (non-hydrogen) atoms. The molecule has 0 radical (unpaired) electrons. The van der Waals surface area contributed by atoms with E-state index in [1.165, 1.54) is 12.1 Å². The summed E-state index contributed by atoms with van der Waals surface area (Å²) < 4.78 is 59.9. The van der Waals surface area contributed by atoms with Crippen LogP contribution in [0.5, 0.6) is 0 Å². The molecule has 1 fully saturated rings. The largest absolute Gasteiger partial charge is 0.501 e. The molecule has 3 nitrogen and oxygen atoms in total. The van der Waals surface area contributed by atoms with Crippen molar-refractivity contribution in [3.8, 4) is 0 Å². The summed E-state index contributed by atoms with van der Waals surface area (Å²) in [6, 6.07) is 4.84. The third-order valence-electron chi connectivity index (χ3n) is 3.65. The first-order chi connectivity index (χ1) is 9.75. The minimum absolute atomic E-state index is 0.466. The van der Waals surface area contributed by atoms with Crippen LogP contribution in [-0.4, -0.2) is 32.9 Å². The Morgan fingerprint density at radius 2 is 1.67 bits per heavy atom. The number of alkyl halides is 4. The molecule has 0 saturated carbocycles. The maximum atomic E-state index is 12.4. The van der Waals surface area contributed by atoms with Crippen molar-refractivity contribution in [3.63, 3.8) is 0 Å². The van der Waals surface area contributed by atoms with Crippen molar-refractivity contribution < 1.29 is 21.6 Å². The van der Waals surface area contributed by atoms with Crippen LogP contribution < -0.4 is 4.90 Å². The van der Waals surface area contributed by atoms with E-state index in [-0.39, 0.29) is 0 Å². The molecule has 0 aliphatic carbocycles. The van der Waals surface area contributed by atoms with Gasteiger partial charge in [0.25, 0.3) is 9.84 Å². The molecule has 0 amide bonds. The Balaban J connectivity index is 2.14. The first-order valence-corrected chi connectivity index (χ1v) is 8.50. The Morgan fingerprint density at radius 1 is 1.14 bits per heavy atom. The molecule has 1 heterocycles. The molecule has 0 bridgehead atoms. The minimum atomic E-state index is -5.27. The third kappa shape index (κ3) is 3.45. The van der Waals surface area contributed by atoms with Gasteiger partial charge in [0.2, 0.25) is 0 Å². The van der Waals surface area contributed by atoms with Crippen molar-refractivity contribution in [2.45, 2.75) is 23.2 Å². The topological polar surface area (TPSA) is 37.4 Å². The van der Waals surface area contributed by atoms with Gasteiger partial charge in [0, 0.05) is 24.7 Å². The minimum Gasteiger partial charge on any atom is -0.372 e. The second kappa shape index (κ2) is 6.04. The molecule has 1 aliphatic rings. The molecule has 0 spiro atoms. The zero-order chi connectivity index (χ0) is 15.7. The van der Waals surface area contributed by atoms with Gasteiger partial charge in [0.15, 0.2) is 0 Å². The summed E-state index contributed by atoms with van der Waals surface area (Å²) in [7, 11) is -5.27. The SMILES string of the molecule is O=S(=O)(c1ccc(N2CCC(CCl)CC2)cc1)C(F)(F)F. The van der Waals surface area contributed by atoms with Crippen molar-refractivity contribution in [3.05, 3.63) is 24.3 Å². The van der Waals surface area contributed by atoms with E-state index in [4.69, 9.17) is 11.6 Å². The van der Waals surface area contributed by atoms with Crippen LogP contribution in [0, 0.1) is 5.92 Å². The fourth-order valence-electron chi connectivity index (χ4n) is 2.32. The Labute approximate surface area is 126 Å². The van der Waals surface area contributed by atoms with Crippen molar-refractivity contribution in [2.75, 3.05) is 23.9 Å². The highest BCUT2D eigenvalue weighted by Gasteiger charge is 2.46. The van der Waals surface area contributed by atoms with Crippen molar-refractivity contribution in [2.24, 2.45) is 5.92 Å². The zero-order valence-electron chi connectivity index (χ0n) is 11.1. The van der Waals surface area contributed by atoms with Gasteiger partial charge in [0.05, 0.1) is 4.90 Å². The van der Waals surface area contributed by atoms with Gasteiger partial charge >= 0.3 is 5.51 Å². The molecule has 0 unspecified atom stereocenters. The van der Waals surface area contributed by atoms with E-state index in [1.54, 1.807) is 0 Å². The van der Waals surface area contributed by atoms with E-state index in [9.17, 15) is 21.6 Å². The van der Waals surface area contributed by atoms with Gasteiger partial charge < -0.3 is 4.90 Å². The summed E-state index contributed by atoms with van der Waals surface area (Å²) in [6.45, 7) is 1.53. The fourth-order valence-corrected chi connectivity index (χ4v) is 3.39. The quantitative estimate of drug-likeness (QED) is 0.790. The number of anilines is 1. The molecule has 0 atom stereocenters. The lowest BCUT2D eigenvalue weighted by Crippen LogP contribution is -2.34. The maximum Gasteiger partial charge on any atom is 0.501 e. The van der Waals surface area contributed by atoms with Crippen LogP contribution >= 0.6 is 11.6 Å². The van der Waals surface area contributed by atoms with Crippen LogP contribution in [0.25, 0.3) is 0 Å². The predicted octanol–water partition coefficient (Wildman–Crippen LogP) is 3.44. The number of nitrogens with zero attached hydrogens (tertiary/aromatic N) is 1. The molecule has 8 heteroatoms. The molecular formula is C13H15ClF3NO2S. The third-order valence-corrected chi connectivity index (χ3v) is 5.59. The first kappa shape index (κ1) is 16.4. The molecule has 1 aromatic carbocycles. The Bertz CT molecular complexity index is 578. The molecule has 0 aromatic heterocycles. The number of sulfone groups is 1. The summed E-state index contributed by atoms with van der Waals surface area (Å²) in [5, 5.41) is 0. The molecule has 1 aromatic rings. The summed E-state index contributed by atoms with van der Waals surface area (Å²) in [6.07, 6.45) is 1.85. The average molecular weight is 342 g/mol. The molecule has 118 valence electrons. The van der Waals surface area contributed by atoms with E-state index in [1.807, 2.05) is 4.90 Å². The average Bonchev–Trinajstić information content (AvgIpc) is 2.46. The lowest BCUT2D eigenvalue weighted by molar-refractivity contribution is -0.0436. The molecule has 1 saturated heterocycles. The smallest absolute Gasteiger partial charge is 0.372 e. The Kier molecular flexibility index (Phi) is 4.72. The Hall–Kier alpha value is -0.950. The number of rotatable bonds is 3. The van der Waals surface area contributed by atoms with E-state index >= 15 is 0 Å². The highest BCUT2D eigenvalue weighted by atomic mass is 35.5. The van der Waals surface area contributed by atoms with Gasteiger partial charge in [-0.1, -0.05) is 0 Å².